The number of hydrogen-bond donors (Lipinski definition) is 1. The van der Waals surface area contributed by atoms with Crippen LogP contribution in [-0.2, 0) is 11.2 Å². The number of rotatable bonds is 6. The second-order valence-corrected chi connectivity index (χ2v) is 5.86. The van der Waals surface area contributed by atoms with Crippen molar-refractivity contribution < 1.29 is 4.79 Å². The van der Waals surface area contributed by atoms with E-state index in [1.165, 1.54) is 5.56 Å². The molecular formula is C16H25N3O. The summed E-state index contributed by atoms with van der Waals surface area (Å²) >= 11 is 0. The van der Waals surface area contributed by atoms with Gasteiger partial charge in [-0.25, -0.2) is 0 Å². The quantitative estimate of drug-likeness (QED) is 0.851. The summed E-state index contributed by atoms with van der Waals surface area (Å²) in [5.41, 5.74) is 1.29. The summed E-state index contributed by atoms with van der Waals surface area (Å²) in [5.74, 6) is 0.246. The van der Waals surface area contributed by atoms with E-state index in [0.29, 0.717) is 6.67 Å². The minimum absolute atomic E-state index is 0.0279. The van der Waals surface area contributed by atoms with E-state index >= 15 is 0 Å². The molecule has 2 unspecified atom stereocenters. The monoisotopic (exact) mass is 275 g/mol. The fourth-order valence-electron chi connectivity index (χ4n) is 2.76. The van der Waals surface area contributed by atoms with Gasteiger partial charge in [-0.1, -0.05) is 30.3 Å². The van der Waals surface area contributed by atoms with Gasteiger partial charge in [-0.2, -0.15) is 0 Å². The molecule has 110 valence electrons. The summed E-state index contributed by atoms with van der Waals surface area (Å²) in [6.07, 6.45) is 1.81. The second-order valence-electron chi connectivity index (χ2n) is 5.86. The highest BCUT2D eigenvalue weighted by Gasteiger charge is 2.33. The molecule has 1 saturated heterocycles. The Hall–Kier alpha value is -1.39. The smallest absolute Gasteiger partial charge is 0.241 e. The lowest BCUT2D eigenvalue weighted by molar-refractivity contribution is -0.130. The highest BCUT2D eigenvalue weighted by molar-refractivity contribution is 5.84. The first-order chi connectivity index (χ1) is 9.58. The molecule has 0 radical (unpaired) electrons. The number of benzene rings is 1. The first-order valence-electron chi connectivity index (χ1n) is 7.30. The molecular weight excluding hydrogens is 250 g/mol. The zero-order valence-corrected chi connectivity index (χ0v) is 12.7. The molecule has 2 rings (SSSR count). The van der Waals surface area contributed by atoms with Gasteiger partial charge in [0.1, 0.15) is 0 Å². The Balaban J connectivity index is 1.85. The standard InChI is InChI=1S/C16H25N3O/c1-13(11-18(2)3)19-12-17-15(16(19)20)10-9-14-7-5-4-6-8-14/h4-8,13,15,17H,9-12H2,1-3H3. The predicted molar refractivity (Wildman–Crippen MR) is 81.4 cm³/mol. The van der Waals surface area contributed by atoms with E-state index in [4.69, 9.17) is 0 Å². The fraction of sp³-hybridized carbons (Fsp3) is 0.562. The molecule has 4 heteroatoms. The topological polar surface area (TPSA) is 35.6 Å². The van der Waals surface area contributed by atoms with Crippen LogP contribution < -0.4 is 5.32 Å². The molecule has 0 bridgehead atoms. The molecule has 0 aliphatic carbocycles. The van der Waals surface area contributed by atoms with E-state index in [1.807, 2.05) is 37.2 Å². The summed E-state index contributed by atoms with van der Waals surface area (Å²) in [4.78, 5) is 16.5. The molecule has 0 aromatic heterocycles. The van der Waals surface area contributed by atoms with Crippen LogP contribution in [0.1, 0.15) is 18.9 Å². The van der Waals surface area contributed by atoms with E-state index in [0.717, 1.165) is 19.4 Å². The van der Waals surface area contributed by atoms with Gasteiger partial charge in [0.2, 0.25) is 5.91 Å². The molecule has 0 saturated carbocycles. The van der Waals surface area contributed by atoms with Gasteiger partial charge >= 0.3 is 0 Å². The van der Waals surface area contributed by atoms with Crippen molar-refractivity contribution in [2.75, 3.05) is 27.3 Å². The molecule has 1 N–H and O–H groups in total. The lowest BCUT2D eigenvalue weighted by Gasteiger charge is -2.26. The molecule has 2 atom stereocenters. The van der Waals surface area contributed by atoms with Gasteiger partial charge in [0.05, 0.1) is 12.7 Å². The molecule has 1 fully saturated rings. The Kier molecular flexibility index (Phi) is 5.15. The molecule has 1 amide bonds. The van der Waals surface area contributed by atoms with Crippen LogP contribution in [0.2, 0.25) is 0 Å². The Morgan fingerprint density at radius 2 is 2.05 bits per heavy atom. The van der Waals surface area contributed by atoms with Crippen LogP contribution >= 0.6 is 0 Å². The number of aryl methyl sites for hydroxylation is 1. The molecule has 4 nitrogen and oxygen atoms in total. The fourth-order valence-corrected chi connectivity index (χ4v) is 2.76. The van der Waals surface area contributed by atoms with Crippen LogP contribution in [0.3, 0.4) is 0 Å². The van der Waals surface area contributed by atoms with E-state index in [9.17, 15) is 4.79 Å². The minimum atomic E-state index is -0.0279. The average molecular weight is 275 g/mol. The third-order valence-electron chi connectivity index (χ3n) is 3.82. The Morgan fingerprint density at radius 3 is 2.70 bits per heavy atom. The van der Waals surface area contributed by atoms with Crippen LogP contribution in [0.15, 0.2) is 30.3 Å². The number of carbonyl (C=O) groups is 1. The number of hydrogen-bond acceptors (Lipinski definition) is 3. The zero-order chi connectivity index (χ0) is 14.5. The van der Waals surface area contributed by atoms with Crippen molar-refractivity contribution in [2.24, 2.45) is 0 Å². The maximum absolute atomic E-state index is 12.4. The van der Waals surface area contributed by atoms with Crippen molar-refractivity contribution in [3.05, 3.63) is 35.9 Å². The Morgan fingerprint density at radius 1 is 1.35 bits per heavy atom. The van der Waals surface area contributed by atoms with Gasteiger partial charge in [0, 0.05) is 12.6 Å². The maximum Gasteiger partial charge on any atom is 0.241 e. The third kappa shape index (κ3) is 3.81. The summed E-state index contributed by atoms with van der Waals surface area (Å²) in [6, 6.07) is 10.6. The average Bonchev–Trinajstić information content (AvgIpc) is 2.78. The second kappa shape index (κ2) is 6.86. The van der Waals surface area contributed by atoms with Gasteiger partial charge < -0.3 is 9.80 Å². The van der Waals surface area contributed by atoms with Crippen molar-refractivity contribution in [1.29, 1.82) is 0 Å². The van der Waals surface area contributed by atoms with E-state index < -0.39 is 0 Å². The maximum atomic E-state index is 12.4. The van der Waals surface area contributed by atoms with Gasteiger partial charge in [-0.3, -0.25) is 10.1 Å². The van der Waals surface area contributed by atoms with E-state index in [-0.39, 0.29) is 18.0 Å². The summed E-state index contributed by atoms with van der Waals surface area (Å²) in [5, 5.41) is 3.34. The number of likely N-dealkylation sites (N-methyl/N-ethyl adjacent to an activating group) is 1. The van der Waals surface area contributed by atoms with E-state index in [2.05, 4.69) is 29.3 Å². The first-order valence-corrected chi connectivity index (χ1v) is 7.30. The van der Waals surface area contributed by atoms with Crippen LogP contribution in [0.5, 0.6) is 0 Å². The van der Waals surface area contributed by atoms with Crippen LogP contribution in [-0.4, -0.2) is 55.1 Å². The molecule has 1 heterocycles. The van der Waals surface area contributed by atoms with Gasteiger partial charge in [-0.05, 0) is 39.4 Å². The largest absolute Gasteiger partial charge is 0.325 e. The van der Waals surface area contributed by atoms with Crippen molar-refractivity contribution in [2.45, 2.75) is 31.8 Å². The molecule has 1 aliphatic rings. The number of nitrogens with one attached hydrogen (secondary N) is 1. The highest BCUT2D eigenvalue weighted by Crippen LogP contribution is 2.14. The number of amides is 1. The van der Waals surface area contributed by atoms with Crippen molar-refractivity contribution >= 4 is 5.91 Å². The molecule has 1 aliphatic heterocycles. The first kappa shape index (κ1) is 15.0. The van der Waals surface area contributed by atoms with Gasteiger partial charge in [0.15, 0.2) is 0 Å². The number of carbonyl (C=O) groups excluding carboxylic acids is 1. The lowest BCUT2D eigenvalue weighted by atomic mass is 10.1. The SMILES string of the molecule is CC(CN(C)C)N1CNC(CCc2ccccc2)C1=O. The molecule has 1 aromatic carbocycles. The third-order valence-corrected chi connectivity index (χ3v) is 3.82. The van der Waals surface area contributed by atoms with Crippen molar-refractivity contribution in [1.82, 2.24) is 15.1 Å². The summed E-state index contributed by atoms with van der Waals surface area (Å²) in [6.45, 7) is 3.69. The normalized spacial score (nSPS) is 20.7. The lowest BCUT2D eigenvalue weighted by Crippen LogP contribution is -2.42. The Labute approximate surface area is 121 Å². The molecule has 1 aromatic rings. The zero-order valence-electron chi connectivity index (χ0n) is 12.7. The minimum Gasteiger partial charge on any atom is -0.325 e. The highest BCUT2D eigenvalue weighted by atomic mass is 16.2. The van der Waals surface area contributed by atoms with E-state index in [1.54, 1.807) is 0 Å². The van der Waals surface area contributed by atoms with Crippen LogP contribution in [0.25, 0.3) is 0 Å². The predicted octanol–water partition coefficient (Wildman–Crippen LogP) is 1.33. The van der Waals surface area contributed by atoms with Gasteiger partial charge in [-0.15, -0.1) is 0 Å². The summed E-state index contributed by atoms with van der Waals surface area (Å²) in [7, 11) is 4.08. The number of nitrogens with zero attached hydrogens (tertiary/aromatic N) is 2. The molecule has 0 spiro atoms. The summed E-state index contributed by atoms with van der Waals surface area (Å²) < 4.78 is 0. The van der Waals surface area contributed by atoms with Crippen molar-refractivity contribution in [3.8, 4) is 0 Å². The molecule has 20 heavy (non-hydrogen) atoms. The van der Waals surface area contributed by atoms with Crippen LogP contribution in [0.4, 0.5) is 0 Å². The Bertz CT molecular complexity index is 433. The van der Waals surface area contributed by atoms with Gasteiger partial charge in [0.25, 0.3) is 0 Å². The van der Waals surface area contributed by atoms with Crippen molar-refractivity contribution in [3.63, 3.8) is 0 Å². The van der Waals surface area contributed by atoms with Crippen LogP contribution in [0, 0.1) is 0 Å².